The Balaban J connectivity index is 2.63. The molecule has 1 aromatic rings. The molecule has 0 aliphatic carbocycles. The van der Waals surface area contributed by atoms with Crippen LogP contribution in [0.25, 0.3) is 0 Å². The SMILES string of the molecule is Cc1cc(C(N)=O)c(C)c2c1OC(C)O2. The van der Waals surface area contributed by atoms with Crippen molar-refractivity contribution in [2.45, 2.75) is 27.1 Å². The van der Waals surface area contributed by atoms with Crippen LogP contribution < -0.4 is 15.2 Å². The first-order valence-electron chi connectivity index (χ1n) is 4.78. The Kier molecular flexibility index (Phi) is 2.07. The third-order valence-corrected chi connectivity index (χ3v) is 2.50. The highest BCUT2D eigenvalue weighted by Gasteiger charge is 2.26. The van der Waals surface area contributed by atoms with Crippen LogP contribution in [0.2, 0.25) is 0 Å². The molecule has 1 aliphatic heterocycles. The molecular weight excluding hydrogens is 194 g/mol. The van der Waals surface area contributed by atoms with Gasteiger partial charge < -0.3 is 15.2 Å². The Morgan fingerprint density at radius 3 is 2.53 bits per heavy atom. The fourth-order valence-corrected chi connectivity index (χ4v) is 1.76. The van der Waals surface area contributed by atoms with Crippen molar-refractivity contribution < 1.29 is 14.3 Å². The molecule has 15 heavy (non-hydrogen) atoms. The topological polar surface area (TPSA) is 61.6 Å². The molecule has 2 N–H and O–H groups in total. The predicted octanol–water partition coefficient (Wildman–Crippen LogP) is 1.52. The fourth-order valence-electron chi connectivity index (χ4n) is 1.76. The van der Waals surface area contributed by atoms with Crippen molar-refractivity contribution in [3.8, 4) is 11.5 Å². The highest BCUT2D eigenvalue weighted by molar-refractivity contribution is 5.95. The van der Waals surface area contributed by atoms with Gasteiger partial charge in [-0.3, -0.25) is 4.79 Å². The molecule has 0 saturated carbocycles. The van der Waals surface area contributed by atoms with Gasteiger partial charge in [0.25, 0.3) is 0 Å². The van der Waals surface area contributed by atoms with Gasteiger partial charge in [-0.25, -0.2) is 0 Å². The van der Waals surface area contributed by atoms with Crippen LogP contribution >= 0.6 is 0 Å². The van der Waals surface area contributed by atoms with Crippen molar-refractivity contribution in [1.29, 1.82) is 0 Å². The Labute approximate surface area is 88.0 Å². The van der Waals surface area contributed by atoms with E-state index in [2.05, 4.69) is 0 Å². The summed E-state index contributed by atoms with van der Waals surface area (Å²) in [5.74, 6) is 0.905. The van der Waals surface area contributed by atoms with Crippen molar-refractivity contribution in [2.75, 3.05) is 0 Å². The number of hydrogen-bond donors (Lipinski definition) is 1. The smallest absolute Gasteiger partial charge is 0.249 e. The van der Waals surface area contributed by atoms with Crippen molar-refractivity contribution in [3.05, 3.63) is 22.8 Å². The van der Waals surface area contributed by atoms with Crippen LogP contribution in [-0.4, -0.2) is 12.2 Å². The molecule has 0 saturated heterocycles. The van der Waals surface area contributed by atoms with Gasteiger partial charge in [0.15, 0.2) is 11.5 Å². The highest BCUT2D eigenvalue weighted by Crippen LogP contribution is 2.41. The quantitative estimate of drug-likeness (QED) is 0.759. The molecule has 0 spiro atoms. The van der Waals surface area contributed by atoms with Crippen LogP contribution in [0.5, 0.6) is 11.5 Å². The molecule has 4 nitrogen and oxygen atoms in total. The number of benzene rings is 1. The highest BCUT2D eigenvalue weighted by atomic mass is 16.7. The zero-order valence-corrected chi connectivity index (χ0v) is 8.96. The standard InChI is InChI=1S/C11H13NO3/c1-5-4-8(11(12)13)6(2)10-9(5)14-7(3)15-10/h4,7H,1-3H3,(H2,12,13). The minimum atomic E-state index is -0.443. The summed E-state index contributed by atoms with van der Waals surface area (Å²) in [5.41, 5.74) is 7.38. The zero-order valence-electron chi connectivity index (χ0n) is 8.96. The van der Waals surface area contributed by atoms with Crippen LogP contribution in [0, 0.1) is 13.8 Å². The molecule has 1 heterocycles. The molecule has 0 aromatic heterocycles. The number of hydrogen-bond acceptors (Lipinski definition) is 3. The number of aryl methyl sites for hydroxylation is 1. The molecular formula is C11H13NO3. The van der Waals surface area contributed by atoms with Gasteiger partial charge in [-0.2, -0.15) is 0 Å². The van der Waals surface area contributed by atoms with Gasteiger partial charge in [0, 0.05) is 18.1 Å². The number of ether oxygens (including phenoxy) is 2. The third kappa shape index (κ3) is 1.42. The van der Waals surface area contributed by atoms with Crippen LogP contribution in [0.3, 0.4) is 0 Å². The van der Waals surface area contributed by atoms with E-state index >= 15 is 0 Å². The molecule has 0 bridgehead atoms. The van der Waals surface area contributed by atoms with Crippen LogP contribution in [0.4, 0.5) is 0 Å². The third-order valence-electron chi connectivity index (χ3n) is 2.50. The van der Waals surface area contributed by atoms with E-state index in [9.17, 15) is 4.79 Å². The summed E-state index contributed by atoms with van der Waals surface area (Å²) in [6.45, 7) is 5.48. The van der Waals surface area contributed by atoms with Gasteiger partial charge >= 0.3 is 0 Å². The summed E-state index contributed by atoms with van der Waals surface area (Å²) in [4.78, 5) is 11.2. The van der Waals surface area contributed by atoms with Gasteiger partial charge in [-0.05, 0) is 25.5 Å². The van der Waals surface area contributed by atoms with E-state index in [1.54, 1.807) is 13.0 Å². The fraction of sp³-hybridized carbons (Fsp3) is 0.364. The molecule has 1 aliphatic rings. The van der Waals surface area contributed by atoms with E-state index in [4.69, 9.17) is 15.2 Å². The Bertz CT molecular complexity index is 440. The van der Waals surface area contributed by atoms with Crippen LogP contribution in [0.1, 0.15) is 28.4 Å². The van der Waals surface area contributed by atoms with Crippen LogP contribution in [-0.2, 0) is 0 Å². The first kappa shape index (κ1) is 9.83. The maximum Gasteiger partial charge on any atom is 0.249 e. The van der Waals surface area contributed by atoms with Gasteiger partial charge in [-0.1, -0.05) is 0 Å². The molecule has 1 unspecified atom stereocenters. The van der Waals surface area contributed by atoms with E-state index < -0.39 is 5.91 Å². The first-order valence-corrected chi connectivity index (χ1v) is 4.78. The lowest BCUT2D eigenvalue weighted by Gasteiger charge is -2.07. The largest absolute Gasteiger partial charge is 0.451 e. The normalized spacial score (nSPS) is 17.9. The van der Waals surface area contributed by atoms with Crippen molar-refractivity contribution in [2.24, 2.45) is 5.73 Å². The molecule has 1 amide bonds. The minimum absolute atomic E-state index is 0.305. The zero-order chi connectivity index (χ0) is 11.2. The number of rotatable bonds is 1. The molecule has 0 fully saturated rings. The van der Waals surface area contributed by atoms with Crippen molar-refractivity contribution >= 4 is 5.91 Å². The van der Waals surface area contributed by atoms with Crippen molar-refractivity contribution in [3.63, 3.8) is 0 Å². The minimum Gasteiger partial charge on any atom is -0.451 e. The molecule has 1 atom stereocenters. The number of amides is 1. The maximum absolute atomic E-state index is 11.2. The van der Waals surface area contributed by atoms with E-state index in [0.29, 0.717) is 17.1 Å². The van der Waals surface area contributed by atoms with Gasteiger partial charge in [0.2, 0.25) is 12.2 Å². The van der Waals surface area contributed by atoms with Crippen LogP contribution in [0.15, 0.2) is 6.07 Å². The number of carbonyl (C=O) groups is 1. The monoisotopic (exact) mass is 207 g/mol. The van der Waals surface area contributed by atoms with E-state index in [-0.39, 0.29) is 6.29 Å². The molecule has 80 valence electrons. The lowest BCUT2D eigenvalue weighted by atomic mass is 10.0. The molecule has 1 aromatic carbocycles. The lowest BCUT2D eigenvalue weighted by Crippen LogP contribution is -2.13. The first-order chi connectivity index (χ1) is 7.00. The number of nitrogens with two attached hydrogens (primary N) is 1. The van der Waals surface area contributed by atoms with E-state index in [1.165, 1.54) is 0 Å². The number of fused-ring (bicyclic) bond motifs is 1. The Morgan fingerprint density at radius 2 is 1.93 bits per heavy atom. The number of carbonyl (C=O) groups excluding carboxylic acids is 1. The average Bonchev–Trinajstić information content (AvgIpc) is 2.53. The Hall–Kier alpha value is -1.71. The molecule has 0 radical (unpaired) electrons. The second-order valence-corrected chi connectivity index (χ2v) is 3.69. The second-order valence-electron chi connectivity index (χ2n) is 3.69. The summed E-state index contributed by atoms with van der Waals surface area (Å²) in [6.07, 6.45) is -0.305. The molecule has 2 rings (SSSR count). The Morgan fingerprint density at radius 1 is 1.33 bits per heavy atom. The lowest BCUT2D eigenvalue weighted by molar-refractivity contribution is 0.0671. The van der Waals surface area contributed by atoms with Gasteiger partial charge in [0.05, 0.1) is 0 Å². The second kappa shape index (κ2) is 3.15. The average molecular weight is 207 g/mol. The maximum atomic E-state index is 11.2. The van der Waals surface area contributed by atoms with Gasteiger partial charge in [0.1, 0.15) is 0 Å². The summed E-state index contributed by atoms with van der Waals surface area (Å²) in [7, 11) is 0. The van der Waals surface area contributed by atoms with E-state index in [1.807, 2.05) is 13.8 Å². The summed E-state index contributed by atoms with van der Waals surface area (Å²) < 4.78 is 11.0. The van der Waals surface area contributed by atoms with Crippen molar-refractivity contribution in [1.82, 2.24) is 0 Å². The number of primary amides is 1. The molecule has 4 heteroatoms. The summed E-state index contributed by atoms with van der Waals surface area (Å²) in [6, 6.07) is 1.73. The summed E-state index contributed by atoms with van der Waals surface area (Å²) >= 11 is 0. The van der Waals surface area contributed by atoms with E-state index in [0.717, 1.165) is 11.1 Å². The van der Waals surface area contributed by atoms with Gasteiger partial charge in [-0.15, -0.1) is 0 Å². The summed E-state index contributed by atoms with van der Waals surface area (Å²) in [5, 5.41) is 0. The predicted molar refractivity (Wildman–Crippen MR) is 55.2 cm³/mol.